The highest BCUT2D eigenvalue weighted by molar-refractivity contribution is 7.88. The van der Waals surface area contributed by atoms with Gasteiger partial charge in [-0.2, -0.15) is 9.40 Å². The number of hydrogen-bond donors (Lipinski definition) is 1. The summed E-state index contributed by atoms with van der Waals surface area (Å²) in [5.74, 6) is -0.342. The van der Waals surface area contributed by atoms with E-state index in [1.54, 1.807) is 6.07 Å². The van der Waals surface area contributed by atoms with Crippen molar-refractivity contribution in [2.24, 2.45) is 0 Å². The van der Waals surface area contributed by atoms with Crippen LogP contribution in [0.15, 0.2) is 36.7 Å². The lowest BCUT2D eigenvalue weighted by atomic mass is 10.2. The molecule has 3 aromatic rings. The molecule has 2 aromatic heterocycles. The third-order valence-electron chi connectivity index (χ3n) is 4.83. The molecular formula is C18H18F3N5O4S. The van der Waals surface area contributed by atoms with Crippen LogP contribution in [-0.4, -0.2) is 71.4 Å². The van der Waals surface area contributed by atoms with Crippen LogP contribution in [0.5, 0.6) is 11.5 Å². The van der Waals surface area contributed by atoms with Gasteiger partial charge < -0.3 is 14.7 Å². The molecule has 1 aliphatic heterocycles. The molecule has 3 heterocycles. The molecule has 31 heavy (non-hydrogen) atoms. The Balaban J connectivity index is 1.60. The van der Waals surface area contributed by atoms with E-state index < -0.39 is 27.9 Å². The molecule has 1 aliphatic rings. The summed E-state index contributed by atoms with van der Waals surface area (Å²) in [7, 11) is -3.24. The Labute approximate surface area is 175 Å². The number of pyridine rings is 1. The summed E-state index contributed by atoms with van der Waals surface area (Å²) in [5.41, 5.74) is 0.688. The molecule has 0 spiro atoms. The maximum Gasteiger partial charge on any atom is 0.573 e. The van der Waals surface area contributed by atoms with Gasteiger partial charge in [0.1, 0.15) is 17.3 Å². The second-order valence-corrected chi connectivity index (χ2v) is 9.02. The lowest BCUT2D eigenvalue weighted by Gasteiger charge is -2.33. The van der Waals surface area contributed by atoms with Crippen molar-refractivity contribution in [2.45, 2.75) is 6.36 Å². The third-order valence-corrected chi connectivity index (χ3v) is 6.13. The Hall–Kier alpha value is -3.06. The number of aromatic hydroxyl groups is 1. The summed E-state index contributed by atoms with van der Waals surface area (Å²) < 4.78 is 67.6. The van der Waals surface area contributed by atoms with E-state index in [0.29, 0.717) is 42.9 Å². The Morgan fingerprint density at radius 3 is 2.42 bits per heavy atom. The van der Waals surface area contributed by atoms with Gasteiger partial charge in [0.2, 0.25) is 10.0 Å². The molecule has 1 fully saturated rings. The molecule has 0 saturated carbocycles. The normalized spacial score (nSPS) is 16.1. The van der Waals surface area contributed by atoms with E-state index in [9.17, 15) is 26.7 Å². The monoisotopic (exact) mass is 457 g/mol. The number of alkyl halides is 3. The summed E-state index contributed by atoms with van der Waals surface area (Å²) in [4.78, 5) is 6.35. The Morgan fingerprint density at radius 2 is 1.77 bits per heavy atom. The Bertz CT molecular complexity index is 1220. The first-order valence-corrected chi connectivity index (χ1v) is 11.0. The molecule has 0 atom stereocenters. The highest BCUT2D eigenvalue weighted by Crippen LogP contribution is 2.30. The van der Waals surface area contributed by atoms with Gasteiger partial charge in [0, 0.05) is 49.8 Å². The number of fused-ring (bicyclic) bond motifs is 1. The lowest BCUT2D eigenvalue weighted by Crippen LogP contribution is -2.48. The molecule has 1 N–H and O–H groups in total. The standard InChI is InChI=1S/C18H18F3N5O4S/c1-31(28,29)25-4-2-24(3-5-25)17-6-12-10-23-26(16(12)11-22-17)13-7-14(27)9-15(8-13)30-18(19,20)21/h6-11,27H,2-5H2,1H3. The first-order chi connectivity index (χ1) is 14.5. The molecule has 1 saturated heterocycles. The summed E-state index contributed by atoms with van der Waals surface area (Å²) in [6, 6.07) is 4.99. The van der Waals surface area contributed by atoms with Crippen molar-refractivity contribution in [3.63, 3.8) is 0 Å². The molecule has 1 aromatic carbocycles. The minimum absolute atomic E-state index is 0.172. The summed E-state index contributed by atoms with van der Waals surface area (Å²) >= 11 is 0. The minimum atomic E-state index is -4.89. The Kier molecular flexibility index (Phi) is 5.17. The van der Waals surface area contributed by atoms with E-state index in [1.807, 2.05) is 4.90 Å². The van der Waals surface area contributed by atoms with Crippen molar-refractivity contribution in [1.29, 1.82) is 0 Å². The van der Waals surface area contributed by atoms with Crippen LogP contribution in [-0.2, 0) is 10.0 Å². The van der Waals surface area contributed by atoms with Gasteiger partial charge in [0.05, 0.1) is 29.9 Å². The zero-order valence-electron chi connectivity index (χ0n) is 16.2. The number of hydrogen-bond acceptors (Lipinski definition) is 7. The number of rotatable bonds is 4. The molecule has 4 rings (SSSR count). The minimum Gasteiger partial charge on any atom is -0.508 e. The summed E-state index contributed by atoms with van der Waals surface area (Å²) in [6.45, 7) is 1.65. The highest BCUT2D eigenvalue weighted by Gasteiger charge is 2.31. The fourth-order valence-corrected chi connectivity index (χ4v) is 4.25. The van der Waals surface area contributed by atoms with Crippen molar-refractivity contribution < 1.29 is 31.4 Å². The second-order valence-electron chi connectivity index (χ2n) is 7.04. The van der Waals surface area contributed by atoms with Crippen LogP contribution in [0.2, 0.25) is 0 Å². The van der Waals surface area contributed by atoms with E-state index >= 15 is 0 Å². The highest BCUT2D eigenvalue weighted by atomic mass is 32.2. The number of sulfonamides is 1. The lowest BCUT2D eigenvalue weighted by molar-refractivity contribution is -0.274. The predicted molar refractivity (Wildman–Crippen MR) is 106 cm³/mol. The molecule has 0 bridgehead atoms. The molecular weight excluding hydrogens is 439 g/mol. The van der Waals surface area contributed by atoms with Gasteiger partial charge in [0.15, 0.2) is 0 Å². The van der Waals surface area contributed by atoms with Crippen molar-refractivity contribution in [3.05, 3.63) is 36.7 Å². The number of halogens is 3. The maximum absolute atomic E-state index is 12.5. The fourth-order valence-electron chi connectivity index (χ4n) is 3.43. The maximum atomic E-state index is 12.5. The largest absolute Gasteiger partial charge is 0.573 e. The molecule has 13 heteroatoms. The molecule has 0 unspecified atom stereocenters. The number of aromatic nitrogens is 3. The van der Waals surface area contributed by atoms with Gasteiger partial charge in [-0.15, -0.1) is 13.2 Å². The third kappa shape index (κ3) is 4.66. The van der Waals surface area contributed by atoms with Crippen molar-refractivity contribution in [3.8, 4) is 17.2 Å². The molecule has 166 valence electrons. The van der Waals surface area contributed by atoms with Gasteiger partial charge in [-0.05, 0) is 6.07 Å². The van der Waals surface area contributed by atoms with Crippen LogP contribution in [0, 0.1) is 0 Å². The van der Waals surface area contributed by atoms with Crippen LogP contribution in [0.1, 0.15) is 0 Å². The molecule has 0 aliphatic carbocycles. The smallest absolute Gasteiger partial charge is 0.508 e. The van der Waals surface area contributed by atoms with E-state index in [2.05, 4.69) is 14.8 Å². The number of nitrogens with zero attached hydrogens (tertiary/aromatic N) is 5. The van der Waals surface area contributed by atoms with Gasteiger partial charge in [0.25, 0.3) is 0 Å². The van der Waals surface area contributed by atoms with Gasteiger partial charge in [-0.25, -0.2) is 18.1 Å². The predicted octanol–water partition coefficient (Wildman–Crippen LogP) is 2.11. The van der Waals surface area contributed by atoms with Crippen molar-refractivity contribution >= 4 is 26.7 Å². The van der Waals surface area contributed by atoms with Crippen LogP contribution >= 0.6 is 0 Å². The number of anilines is 1. The zero-order chi connectivity index (χ0) is 22.4. The van der Waals surface area contributed by atoms with Gasteiger partial charge in [-0.1, -0.05) is 0 Å². The van der Waals surface area contributed by atoms with Crippen LogP contribution in [0.3, 0.4) is 0 Å². The van der Waals surface area contributed by atoms with Crippen molar-refractivity contribution in [1.82, 2.24) is 19.1 Å². The van der Waals surface area contributed by atoms with E-state index in [1.165, 1.54) is 33.7 Å². The average molecular weight is 457 g/mol. The van der Waals surface area contributed by atoms with Crippen molar-refractivity contribution in [2.75, 3.05) is 37.3 Å². The number of benzene rings is 1. The van der Waals surface area contributed by atoms with Crippen LogP contribution in [0.4, 0.5) is 19.0 Å². The molecule has 0 amide bonds. The fraction of sp³-hybridized carbons (Fsp3) is 0.333. The second kappa shape index (κ2) is 7.57. The molecule has 0 radical (unpaired) electrons. The zero-order valence-corrected chi connectivity index (χ0v) is 17.1. The number of ether oxygens (including phenoxy) is 1. The number of phenolic OH excluding ortho intramolecular Hbond substituents is 1. The summed E-state index contributed by atoms with van der Waals surface area (Å²) in [6.07, 6.45) is -0.667. The van der Waals surface area contributed by atoms with E-state index in [4.69, 9.17) is 0 Å². The first kappa shape index (κ1) is 21.2. The summed E-state index contributed by atoms with van der Waals surface area (Å²) in [5, 5.41) is 14.7. The quantitative estimate of drug-likeness (QED) is 0.640. The molecule has 9 nitrogen and oxygen atoms in total. The van der Waals surface area contributed by atoms with Gasteiger partial charge in [-0.3, -0.25) is 0 Å². The topological polar surface area (TPSA) is 101 Å². The van der Waals surface area contributed by atoms with E-state index in [-0.39, 0.29) is 5.69 Å². The van der Waals surface area contributed by atoms with E-state index in [0.717, 1.165) is 12.1 Å². The van der Waals surface area contributed by atoms with Crippen LogP contribution in [0.25, 0.3) is 16.6 Å². The number of piperazine rings is 1. The average Bonchev–Trinajstić information content (AvgIpc) is 3.09. The van der Waals surface area contributed by atoms with Gasteiger partial charge >= 0.3 is 6.36 Å². The Morgan fingerprint density at radius 1 is 1.06 bits per heavy atom. The SMILES string of the molecule is CS(=O)(=O)N1CCN(c2cc3cnn(-c4cc(O)cc(OC(F)(F)F)c4)c3cn2)CC1. The first-order valence-electron chi connectivity index (χ1n) is 9.14. The number of phenols is 1. The van der Waals surface area contributed by atoms with Crippen LogP contribution < -0.4 is 9.64 Å².